The first-order valence-corrected chi connectivity index (χ1v) is 11.4. The molecule has 0 saturated carbocycles. The Morgan fingerprint density at radius 3 is 2.32 bits per heavy atom. The van der Waals surface area contributed by atoms with Gasteiger partial charge in [0.1, 0.15) is 9.71 Å². The highest BCUT2D eigenvalue weighted by Crippen LogP contribution is 2.37. The van der Waals surface area contributed by atoms with Gasteiger partial charge in [-0.3, -0.25) is 23.5 Å². The van der Waals surface area contributed by atoms with Gasteiger partial charge in [-0.15, -0.1) is 24.5 Å². The number of aliphatic hydroxyl groups excluding tert-OH is 1. The van der Waals surface area contributed by atoms with Crippen molar-refractivity contribution in [1.82, 2.24) is 14.0 Å². The number of hydrogen-bond acceptors (Lipinski definition) is 6. The Morgan fingerprint density at radius 1 is 1.18 bits per heavy atom. The molecule has 8 nitrogen and oxygen atoms in total. The van der Waals surface area contributed by atoms with Crippen molar-refractivity contribution < 1.29 is 36.6 Å². The number of amides is 1. The van der Waals surface area contributed by atoms with Crippen LogP contribution in [0.2, 0.25) is 0 Å². The first kappa shape index (κ1) is 26.3. The summed E-state index contributed by atoms with van der Waals surface area (Å²) in [5.74, 6) is -1.04. The van der Waals surface area contributed by atoms with Gasteiger partial charge in [0.15, 0.2) is 0 Å². The number of halogens is 5. The quantitative estimate of drug-likeness (QED) is 0.575. The number of ether oxygens (including phenoxy) is 1. The molecule has 2 aromatic heterocycles. The fraction of sp³-hybridized carbons (Fsp3) is 0.650. The molecule has 1 amide bonds. The Bertz CT molecular complexity index is 1160. The highest BCUT2D eigenvalue weighted by molar-refractivity contribution is 7.20. The number of fused-ring (bicyclic) bond motifs is 1. The highest BCUT2D eigenvalue weighted by Gasteiger charge is 2.34. The summed E-state index contributed by atoms with van der Waals surface area (Å²) in [6.07, 6.45) is -8.34. The lowest BCUT2D eigenvalue weighted by Gasteiger charge is -2.29. The minimum Gasteiger partial charge on any atom is -0.393 e. The molecule has 1 saturated heterocycles. The molecule has 190 valence electrons. The molecule has 14 heteroatoms. The summed E-state index contributed by atoms with van der Waals surface area (Å²) in [7, 11) is 0. The summed E-state index contributed by atoms with van der Waals surface area (Å²) in [6.45, 7) is 1.76. The zero-order chi connectivity index (χ0) is 25.4. The summed E-state index contributed by atoms with van der Waals surface area (Å²) in [5.41, 5.74) is -2.84. The van der Waals surface area contributed by atoms with E-state index in [1.165, 1.54) is 4.90 Å². The van der Waals surface area contributed by atoms with Crippen molar-refractivity contribution in [2.24, 2.45) is 5.92 Å². The predicted octanol–water partition coefficient (Wildman–Crippen LogP) is 2.95. The molecule has 0 bridgehead atoms. The largest absolute Gasteiger partial charge is 0.522 e. The smallest absolute Gasteiger partial charge is 0.393 e. The minimum atomic E-state index is -4.97. The minimum absolute atomic E-state index is 0.112. The third-order valence-corrected chi connectivity index (χ3v) is 6.60. The van der Waals surface area contributed by atoms with E-state index < -0.39 is 65.0 Å². The van der Waals surface area contributed by atoms with Crippen LogP contribution in [0.4, 0.5) is 22.0 Å². The number of carbonyl (C=O) groups excluding carboxylic acids is 1. The van der Waals surface area contributed by atoms with Crippen molar-refractivity contribution in [3.8, 4) is 0 Å². The van der Waals surface area contributed by atoms with Crippen molar-refractivity contribution in [3.05, 3.63) is 31.3 Å². The van der Waals surface area contributed by atoms with Gasteiger partial charge in [-0.2, -0.15) is 0 Å². The van der Waals surface area contributed by atoms with E-state index in [-0.39, 0.29) is 43.2 Å². The number of nitrogens with zero attached hydrogens (tertiary/aromatic N) is 3. The number of carbonyl (C=O) groups is 1. The number of likely N-dealkylation sites (tertiary alicyclic amines) is 1. The summed E-state index contributed by atoms with van der Waals surface area (Å²) in [4.78, 5) is 39.7. The Labute approximate surface area is 194 Å². The van der Waals surface area contributed by atoms with Crippen molar-refractivity contribution in [2.45, 2.75) is 58.7 Å². The average Bonchev–Trinajstić information content (AvgIpc) is 3.13. The van der Waals surface area contributed by atoms with Gasteiger partial charge in [-0.25, -0.2) is 13.6 Å². The maximum atomic E-state index is 14.2. The van der Waals surface area contributed by atoms with Crippen LogP contribution in [0, 0.1) is 5.92 Å². The lowest BCUT2D eigenvalue weighted by molar-refractivity contribution is -0.325. The lowest BCUT2D eigenvalue weighted by Crippen LogP contribution is -2.41. The van der Waals surface area contributed by atoms with Crippen LogP contribution in [-0.4, -0.2) is 57.2 Å². The Hall–Kier alpha value is -2.32. The molecule has 2 aromatic rings. The van der Waals surface area contributed by atoms with E-state index in [4.69, 9.17) is 0 Å². The average molecular weight is 513 g/mol. The fourth-order valence-corrected chi connectivity index (χ4v) is 5.13. The van der Waals surface area contributed by atoms with E-state index >= 15 is 0 Å². The Balaban J connectivity index is 2.21. The normalized spacial score (nSPS) is 15.8. The number of thiophene rings is 1. The second-order valence-corrected chi connectivity index (χ2v) is 9.39. The zero-order valence-corrected chi connectivity index (χ0v) is 19.2. The third-order valence-electron chi connectivity index (χ3n) is 5.39. The molecular weight excluding hydrogens is 489 g/mol. The van der Waals surface area contributed by atoms with Crippen molar-refractivity contribution in [2.75, 3.05) is 19.7 Å². The van der Waals surface area contributed by atoms with Gasteiger partial charge in [0.05, 0.1) is 30.2 Å². The van der Waals surface area contributed by atoms with Crippen LogP contribution in [-0.2, 0) is 17.8 Å². The first-order valence-electron chi connectivity index (χ1n) is 10.6. The highest BCUT2D eigenvalue weighted by atomic mass is 32.1. The van der Waals surface area contributed by atoms with Crippen LogP contribution in [0.25, 0.3) is 10.2 Å². The van der Waals surface area contributed by atoms with Gasteiger partial charge in [0.2, 0.25) is 0 Å². The van der Waals surface area contributed by atoms with Gasteiger partial charge in [0.25, 0.3) is 17.9 Å². The Kier molecular flexibility index (Phi) is 7.82. The van der Waals surface area contributed by atoms with Gasteiger partial charge in [-0.1, -0.05) is 13.8 Å². The molecule has 0 unspecified atom stereocenters. The maximum absolute atomic E-state index is 14.2. The number of aromatic nitrogens is 2. The molecule has 0 atom stereocenters. The van der Waals surface area contributed by atoms with Crippen molar-refractivity contribution in [3.63, 3.8) is 0 Å². The van der Waals surface area contributed by atoms with Crippen molar-refractivity contribution >= 4 is 27.5 Å². The standard InChI is InChI=1S/C20H24F5N3O5S/c1-10(2)9-28-16(30)13-12(15(21)22)14(17(31)26-5-3-11(29)4-6-26)34-18(13)27(19(28)32)7-8-33-20(23,24)25/h10-11,15,29H,3-9H2,1-2H3. The van der Waals surface area contributed by atoms with Gasteiger partial charge >= 0.3 is 12.1 Å². The molecule has 3 rings (SSSR count). The summed E-state index contributed by atoms with van der Waals surface area (Å²) in [5, 5.41) is 9.09. The van der Waals surface area contributed by atoms with E-state index in [9.17, 15) is 41.4 Å². The molecule has 3 heterocycles. The van der Waals surface area contributed by atoms with E-state index in [2.05, 4.69) is 4.74 Å². The third kappa shape index (κ3) is 5.49. The molecule has 0 aromatic carbocycles. The maximum Gasteiger partial charge on any atom is 0.522 e. The molecule has 1 aliphatic rings. The number of hydrogen-bond donors (Lipinski definition) is 1. The van der Waals surface area contributed by atoms with Gasteiger partial charge in [0, 0.05) is 19.6 Å². The zero-order valence-electron chi connectivity index (χ0n) is 18.4. The number of piperidine rings is 1. The summed E-state index contributed by atoms with van der Waals surface area (Å²) >= 11 is 0.474. The van der Waals surface area contributed by atoms with Crippen LogP contribution >= 0.6 is 11.3 Å². The number of rotatable bonds is 7. The van der Waals surface area contributed by atoms with Gasteiger partial charge in [-0.05, 0) is 18.8 Å². The lowest BCUT2D eigenvalue weighted by atomic mass is 10.1. The molecule has 1 N–H and O–H groups in total. The second kappa shape index (κ2) is 10.1. The number of alkyl halides is 5. The van der Waals surface area contributed by atoms with Crippen LogP contribution < -0.4 is 11.2 Å². The molecule has 0 radical (unpaired) electrons. The van der Waals surface area contributed by atoms with E-state index in [0.29, 0.717) is 15.9 Å². The van der Waals surface area contributed by atoms with E-state index in [0.717, 1.165) is 4.57 Å². The SMILES string of the molecule is CC(C)Cn1c(=O)c2c(C(F)F)c(C(=O)N3CCC(O)CC3)sc2n(CCOC(F)(F)F)c1=O. The molecule has 1 fully saturated rings. The molecule has 0 spiro atoms. The van der Waals surface area contributed by atoms with Crippen LogP contribution in [0.3, 0.4) is 0 Å². The van der Waals surface area contributed by atoms with E-state index in [1.54, 1.807) is 13.8 Å². The topological polar surface area (TPSA) is 93.8 Å². The predicted molar refractivity (Wildman–Crippen MR) is 113 cm³/mol. The van der Waals surface area contributed by atoms with Crippen LogP contribution in [0.15, 0.2) is 9.59 Å². The van der Waals surface area contributed by atoms with Crippen LogP contribution in [0.5, 0.6) is 0 Å². The molecule has 34 heavy (non-hydrogen) atoms. The van der Waals surface area contributed by atoms with E-state index in [1.807, 2.05) is 0 Å². The molecule has 0 aliphatic carbocycles. The summed E-state index contributed by atoms with van der Waals surface area (Å²) in [6, 6.07) is 0. The number of aliphatic hydroxyl groups is 1. The van der Waals surface area contributed by atoms with Crippen LogP contribution in [0.1, 0.15) is 48.3 Å². The summed E-state index contributed by atoms with van der Waals surface area (Å²) < 4.78 is 71.0. The van der Waals surface area contributed by atoms with Crippen molar-refractivity contribution in [1.29, 1.82) is 0 Å². The Morgan fingerprint density at radius 2 is 1.79 bits per heavy atom. The first-order chi connectivity index (χ1) is 15.8. The fourth-order valence-electron chi connectivity index (χ4n) is 3.84. The monoisotopic (exact) mass is 513 g/mol. The van der Waals surface area contributed by atoms with Gasteiger partial charge < -0.3 is 10.0 Å². The molecular formula is C20H24F5N3O5S. The second-order valence-electron chi connectivity index (χ2n) is 8.39. The molecule has 1 aliphatic heterocycles.